The molecule has 5 heteroatoms. The lowest BCUT2D eigenvalue weighted by Gasteiger charge is -2.23. The maximum atomic E-state index is 12.3. The van der Waals surface area contributed by atoms with E-state index in [0.717, 1.165) is 5.69 Å². The van der Waals surface area contributed by atoms with Crippen molar-refractivity contribution < 1.29 is 9.59 Å². The third-order valence-corrected chi connectivity index (χ3v) is 3.80. The summed E-state index contributed by atoms with van der Waals surface area (Å²) >= 11 is 0. The topological polar surface area (TPSA) is 61.4 Å². The zero-order valence-corrected chi connectivity index (χ0v) is 13.7. The van der Waals surface area contributed by atoms with Gasteiger partial charge in [0.2, 0.25) is 0 Å². The van der Waals surface area contributed by atoms with E-state index in [9.17, 15) is 9.59 Å². The first kappa shape index (κ1) is 16.5. The molecule has 2 aromatic carbocycles. The SMILES string of the molecule is O=C(NNc1ccccc1)C1=CC=CN(CC(=O)c2ccccc2)C1. The molecular formula is C20H19N3O2. The van der Waals surface area contributed by atoms with Gasteiger partial charge in [-0.25, -0.2) is 0 Å². The zero-order chi connectivity index (χ0) is 17.5. The molecule has 2 aromatic rings. The number of hydrogen-bond donors (Lipinski definition) is 2. The van der Waals surface area contributed by atoms with Gasteiger partial charge in [0.25, 0.3) is 5.91 Å². The van der Waals surface area contributed by atoms with Crippen molar-refractivity contribution in [2.75, 3.05) is 18.5 Å². The Balaban J connectivity index is 1.54. The number of anilines is 1. The first-order valence-corrected chi connectivity index (χ1v) is 8.03. The lowest BCUT2D eigenvalue weighted by atomic mass is 10.1. The van der Waals surface area contributed by atoms with Crippen molar-refractivity contribution in [1.82, 2.24) is 10.3 Å². The van der Waals surface area contributed by atoms with E-state index in [4.69, 9.17) is 0 Å². The highest BCUT2D eigenvalue weighted by molar-refractivity contribution is 5.98. The second-order valence-electron chi connectivity index (χ2n) is 5.67. The number of rotatable bonds is 6. The van der Waals surface area contributed by atoms with Gasteiger partial charge in [-0.1, -0.05) is 54.6 Å². The standard InChI is InChI=1S/C20H19N3O2/c24-19(16-8-3-1-4-9-16)15-23-13-7-10-17(14-23)20(25)22-21-18-11-5-2-6-12-18/h1-13,21H,14-15H2,(H,22,25). The molecule has 0 spiro atoms. The molecule has 0 aromatic heterocycles. The lowest BCUT2D eigenvalue weighted by molar-refractivity contribution is -0.117. The Kier molecular flexibility index (Phi) is 5.26. The maximum Gasteiger partial charge on any atom is 0.267 e. The quantitative estimate of drug-likeness (QED) is 0.630. The number of amides is 1. The molecule has 0 radical (unpaired) electrons. The Bertz CT molecular complexity index is 798. The number of carbonyl (C=O) groups excluding carboxylic acids is 2. The van der Waals surface area contributed by atoms with Gasteiger partial charge >= 0.3 is 0 Å². The number of allylic oxidation sites excluding steroid dienone is 2. The summed E-state index contributed by atoms with van der Waals surface area (Å²) in [7, 11) is 0. The van der Waals surface area contributed by atoms with Gasteiger partial charge in [-0.2, -0.15) is 0 Å². The monoisotopic (exact) mass is 333 g/mol. The molecule has 0 atom stereocenters. The summed E-state index contributed by atoms with van der Waals surface area (Å²) in [6.45, 7) is 0.620. The van der Waals surface area contributed by atoms with Crippen LogP contribution in [0.5, 0.6) is 0 Å². The van der Waals surface area contributed by atoms with Crippen LogP contribution in [-0.2, 0) is 4.79 Å². The van der Waals surface area contributed by atoms with Crippen LogP contribution in [0.4, 0.5) is 5.69 Å². The molecule has 0 saturated carbocycles. The number of para-hydroxylation sites is 1. The van der Waals surface area contributed by atoms with Crippen LogP contribution in [-0.4, -0.2) is 29.7 Å². The molecule has 5 nitrogen and oxygen atoms in total. The van der Waals surface area contributed by atoms with Crippen LogP contribution in [0.25, 0.3) is 0 Å². The third kappa shape index (κ3) is 4.57. The molecule has 3 rings (SSSR count). The highest BCUT2D eigenvalue weighted by Gasteiger charge is 2.17. The predicted molar refractivity (Wildman–Crippen MR) is 97.8 cm³/mol. The van der Waals surface area contributed by atoms with E-state index in [1.807, 2.05) is 59.6 Å². The van der Waals surface area contributed by atoms with Crippen LogP contribution in [0.3, 0.4) is 0 Å². The fourth-order valence-electron chi connectivity index (χ4n) is 2.49. The Morgan fingerprint density at radius 3 is 2.36 bits per heavy atom. The summed E-state index contributed by atoms with van der Waals surface area (Å²) in [6, 6.07) is 18.5. The van der Waals surface area contributed by atoms with Gasteiger partial charge in [-0.05, 0) is 24.4 Å². The van der Waals surface area contributed by atoms with Gasteiger partial charge in [-0.15, -0.1) is 0 Å². The minimum atomic E-state index is -0.217. The Morgan fingerprint density at radius 1 is 0.960 bits per heavy atom. The molecule has 0 aliphatic carbocycles. The molecule has 25 heavy (non-hydrogen) atoms. The number of nitrogens with one attached hydrogen (secondary N) is 2. The van der Waals surface area contributed by atoms with Crippen LogP contribution in [0.15, 0.2) is 84.6 Å². The summed E-state index contributed by atoms with van der Waals surface area (Å²) in [5.74, 6) is -0.195. The number of hydrogen-bond acceptors (Lipinski definition) is 4. The highest BCUT2D eigenvalue weighted by Crippen LogP contribution is 2.10. The van der Waals surface area contributed by atoms with E-state index in [1.54, 1.807) is 24.3 Å². The molecule has 2 N–H and O–H groups in total. The minimum absolute atomic E-state index is 0.0225. The van der Waals surface area contributed by atoms with E-state index in [1.165, 1.54) is 0 Å². The van der Waals surface area contributed by atoms with Gasteiger partial charge in [0.1, 0.15) is 0 Å². The number of nitrogens with zero attached hydrogens (tertiary/aromatic N) is 1. The summed E-state index contributed by atoms with van der Waals surface area (Å²) in [5.41, 5.74) is 7.61. The summed E-state index contributed by atoms with van der Waals surface area (Å²) in [4.78, 5) is 26.4. The van der Waals surface area contributed by atoms with Crippen molar-refractivity contribution in [2.45, 2.75) is 0 Å². The minimum Gasteiger partial charge on any atom is -0.365 e. The first-order valence-electron chi connectivity index (χ1n) is 8.03. The van der Waals surface area contributed by atoms with Crippen LogP contribution in [0.2, 0.25) is 0 Å². The van der Waals surface area contributed by atoms with Crippen LogP contribution >= 0.6 is 0 Å². The summed E-state index contributed by atoms with van der Waals surface area (Å²) in [6.07, 6.45) is 5.35. The van der Waals surface area contributed by atoms with Gasteiger partial charge in [0, 0.05) is 17.7 Å². The number of ketones is 1. The normalized spacial score (nSPS) is 13.1. The van der Waals surface area contributed by atoms with Crippen molar-refractivity contribution in [3.05, 3.63) is 90.2 Å². The van der Waals surface area contributed by atoms with Gasteiger partial charge < -0.3 is 4.90 Å². The molecule has 0 unspecified atom stereocenters. The van der Waals surface area contributed by atoms with Crippen LogP contribution in [0.1, 0.15) is 10.4 Å². The second-order valence-corrected chi connectivity index (χ2v) is 5.67. The van der Waals surface area contributed by atoms with Crippen molar-refractivity contribution >= 4 is 17.4 Å². The van der Waals surface area contributed by atoms with Gasteiger partial charge in [-0.3, -0.25) is 20.4 Å². The fourth-order valence-corrected chi connectivity index (χ4v) is 2.49. The zero-order valence-electron chi connectivity index (χ0n) is 13.7. The van der Waals surface area contributed by atoms with E-state index < -0.39 is 0 Å². The number of Topliss-reactive ketones (excluding diaryl/α,β-unsaturated/α-hetero) is 1. The predicted octanol–water partition coefficient (Wildman–Crippen LogP) is 2.77. The van der Waals surface area contributed by atoms with Crippen molar-refractivity contribution in [3.8, 4) is 0 Å². The Morgan fingerprint density at radius 2 is 1.64 bits per heavy atom. The van der Waals surface area contributed by atoms with Crippen molar-refractivity contribution in [2.24, 2.45) is 0 Å². The third-order valence-electron chi connectivity index (χ3n) is 3.80. The van der Waals surface area contributed by atoms with Gasteiger partial charge in [0.05, 0.1) is 12.2 Å². The average molecular weight is 333 g/mol. The highest BCUT2D eigenvalue weighted by atomic mass is 16.2. The molecule has 0 bridgehead atoms. The van der Waals surface area contributed by atoms with E-state index in [-0.39, 0.29) is 18.2 Å². The average Bonchev–Trinajstić information content (AvgIpc) is 2.68. The largest absolute Gasteiger partial charge is 0.365 e. The van der Waals surface area contributed by atoms with Crippen molar-refractivity contribution in [1.29, 1.82) is 0 Å². The molecule has 0 saturated heterocycles. The molecular weight excluding hydrogens is 314 g/mol. The number of benzene rings is 2. The molecule has 1 heterocycles. The molecule has 1 aliphatic rings. The lowest BCUT2D eigenvalue weighted by Crippen LogP contribution is -2.36. The first-order chi connectivity index (χ1) is 12.2. The van der Waals surface area contributed by atoms with E-state index in [0.29, 0.717) is 17.7 Å². The molecule has 126 valence electrons. The Labute approximate surface area is 146 Å². The number of hydrazine groups is 1. The van der Waals surface area contributed by atoms with Crippen molar-refractivity contribution in [3.63, 3.8) is 0 Å². The van der Waals surface area contributed by atoms with Crippen LogP contribution < -0.4 is 10.9 Å². The van der Waals surface area contributed by atoms with Gasteiger partial charge in [0.15, 0.2) is 5.78 Å². The van der Waals surface area contributed by atoms with E-state index in [2.05, 4.69) is 10.9 Å². The fraction of sp³-hybridized carbons (Fsp3) is 0.100. The summed E-state index contributed by atoms with van der Waals surface area (Å²) < 4.78 is 0. The molecule has 1 amide bonds. The smallest absolute Gasteiger partial charge is 0.267 e. The second kappa shape index (κ2) is 7.97. The maximum absolute atomic E-state index is 12.3. The summed E-state index contributed by atoms with van der Waals surface area (Å²) in [5, 5.41) is 0. The number of carbonyl (C=O) groups is 2. The molecule has 1 aliphatic heterocycles. The van der Waals surface area contributed by atoms with Crippen LogP contribution in [0, 0.1) is 0 Å². The Hall–Kier alpha value is -3.34. The molecule has 0 fully saturated rings. The van der Waals surface area contributed by atoms with E-state index >= 15 is 0 Å².